The minimum Gasteiger partial charge on any atom is -0.462 e. The second-order valence-corrected chi connectivity index (χ2v) is 12.4. The summed E-state index contributed by atoms with van der Waals surface area (Å²) in [5, 5.41) is 0. The average molecular weight is 465 g/mol. The second kappa shape index (κ2) is 10.7. The number of esters is 2. The van der Waals surface area contributed by atoms with Crippen LogP contribution in [0.3, 0.4) is 0 Å². The number of hydrogen-bond acceptors (Lipinski definition) is 5. The highest BCUT2D eigenvalue weighted by Gasteiger charge is 2.60. The maximum Gasteiger partial charge on any atom is 0.313 e. The molecule has 0 aromatic heterocycles. The maximum absolute atomic E-state index is 13.5. The predicted molar refractivity (Wildman–Crippen MR) is 129 cm³/mol. The fourth-order valence-electron chi connectivity index (χ4n) is 6.75. The van der Waals surface area contributed by atoms with E-state index in [-0.39, 0.29) is 24.1 Å². The SMILES string of the molecule is COC1(C)C[C@H](C(=O)O[C@@H]2C[C@H](C)CC[C@H]2C(C)C)[C@H]1C(=O)O[C@@H]1C[C@H](C)CC[C@H]1C(C)C. The monoisotopic (exact) mass is 464 g/mol. The number of carbonyl (C=O) groups is 2. The summed E-state index contributed by atoms with van der Waals surface area (Å²) in [5.74, 6) is 1.21. The van der Waals surface area contributed by atoms with Gasteiger partial charge in [-0.2, -0.15) is 0 Å². The van der Waals surface area contributed by atoms with Gasteiger partial charge in [-0.25, -0.2) is 0 Å². The Hall–Kier alpha value is -1.10. The Labute approximate surface area is 201 Å². The van der Waals surface area contributed by atoms with E-state index in [0.29, 0.717) is 41.9 Å². The molecule has 0 N–H and O–H groups in total. The molecule has 33 heavy (non-hydrogen) atoms. The van der Waals surface area contributed by atoms with Crippen LogP contribution in [0.15, 0.2) is 0 Å². The van der Waals surface area contributed by atoms with Gasteiger partial charge in [0.25, 0.3) is 0 Å². The molecular formula is C28H48O5. The molecule has 0 aromatic rings. The highest BCUT2D eigenvalue weighted by Crippen LogP contribution is 2.49. The summed E-state index contributed by atoms with van der Waals surface area (Å²) in [6.07, 6.45) is 6.73. The molecule has 0 amide bonds. The summed E-state index contributed by atoms with van der Waals surface area (Å²) < 4.78 is 18.0. The lowest BCUT2D eigenvalue weighted by Gasteiger charge is -2.50. The fourth-order valence-corrected chi connectivity index (χ4v) is 6.75. The van der Waals surface area contributed by atoms with Crippen molar-refractivity contribution in [1.29, 1.82) is 0 Å². The van der Waals surface area contributed by atoms with Gasteiger partial charge >= 0.3 is 11.9 Å². The Kier molecular flexibility index (Phi) is 8.56. The van der Waals surface area contributed by atoms with Crippen molar-refractivity contribution < 1.29 is 23.8 Å². The Morgan fingerprint density at radius 2 is 1.24 bits per heavy atom. The van der Waals surface area contributed by atoms with Crippen molar-refractivity contribution in [2.45, 2.75) is 111 Å². The molecule has 0 spiro atoms. The first-order valence-electron chi connectivity index (χ1n) is 13.4. The quantitative estimate of drug-likeness (QED) is 0.430. The topological polar surface area (TPSA) is 61.8 Å². The van der Waals surface area contributed by atoms with E-state index in [9.17, 15) is 9.59 Å². The first kappa shape index (κ1) is 26.5. The third-order valence-electron chi connectivity index (χ3n) is 9.17. The van der Waals surface area contributed by atoms with E-state index < -0.39 is 17.4 Å². The molecule has 0 saturated heterocycles. The Bertz CT molecular complexity index is 688. The lowest BCUT2D eigenvalue weighted by molar-refractivity contribution is -0.212. The molecule has 0 radical (unpaired) electrons. The van der Waals surface area contributed by atoms with E-state index >= 15 is 0 Å². The van der Waals surface area contributed by atoms with Crippen LogP contribution in [-0.4, -0.2) is 36.9 Å². The van der Waals surface area contributed by atoms with Crippen LogP contribution in [-0.2, 0) is 23.8 Å². The fraction of sp³-hybridized carbons (Fsp3) is 0.929. The largest absolute Gasteiger partial charge is 0.462 e. The van der Waals surface area contributed by atoms with Gasteiger partial charge < -0.3 is 14.2 Å². The van der Waals surface area contributed by atoms with Crippen molar-refractivity contribution in [2.24, 2.45) is 47.3 Å². The third kappa shape index (κ3) is 5.77. The average Bonchev–Trinajstić information content (AvgIpc) is 2.71. The summed E-state index contributed by atoms with van der Waals surface area (Å²) in [6.45, 7) is 15.2. The molecule has 5 nitrogen and oxygen atoms in total. The van der Waals surface area contributed by atoms with Crippen molar-refractivity contribution in [3.63, 3.8) is 0 Å². The van der Waals surface area contributed by atoms with Gasteiger partial charge in [-0.15, -0.1) is 0 Å². The molecule has 9 atom stereocenters. The van der Waals surface area contributed by atoms with Gasteiger partial charge in [0.1, 0.15) is 12.2 Å². The Balaban J connectivity index is 1.71. The molecule has 1 unspecified atom stereocenters. The molecule has 0 aliphatic heterocycles. The predicted octanol–water partition coefficient (Wildman–Crippen LogP) is 6.04. The van der Waals surface area contributed by atoms with Crippen LogP contribution < -0.4 is 0 Å². The minimum absolute atomic E-state index is 0.0585. The van der Waals surface area contributed by atoms with Crippen LogP contribution in [0.2, 0.25) is 0 Å². The van der Waals surface area contributed by atoms with Gasteiger partial charge in [-0.05, 0) is 74.5 Å². The van der Waals surface area contributed by atoms with Crippen molar-refractivity contribution in [2.75, 3.05) is 7.11 Å². The smallest absolute Gasteiger partial charge is 0.313 e. The standard InChI is InChI=1S/C28H48O5/c1-16(2)20-11-9-18(5)13-23(20)32-26(29)22-15-28(7,31-8)25(22)27(30)33-24-14-19(6)10-12-21(24)17(3)4/h16-25H,9-15H2,1-8H3/t18-,19-,20+,21+,22+,23-,24-,25+,28?/m1/s1. The van der Waals surface area contributed by atoms with E-state index in [1.54, 1.807) is 7.11 Å². The first-order chi connectivity index (χ1) is 15.5. The molecule has 3 fully saturated rings. The lowest BCUT2D eigenvalue weighted by Crippen LogP contribution is -2.61. The molecule has 0 aromatic carbocycles. The molecular weight excluding hydrogens is 416 g/mol. The summed E-state index contributed by atoms with van der Waals surface area (Å²) in [7, 11) is 1.62. The zero-order chi connectivity index (χ0) is 24.5. The molecule has 5 heteroatoms. The summed E-state index contributed by atoms with van der Waals surface area (Å²) in [4.78, 5) is 26.8. The Morgan fingerprint density at radius 1 is 0.788 bits per heavy atom. The second-order valence-electron chi connectivity index (χ2n) is 12.4. The van der Waals surface area contributed by atoms with Crippen LogP contribution >= 0.6 is 0 Å². The van der Waals surface area contributed by atoms with Gasteiger partial charge in [0.2, 0.25) is 0 Å². The summed E-state index contributed by atoms with van der Waals surface area (Å²) in [5.41, 5.74) is -0.675. The minimum atomic E-state index is -0.675. The highest BCUT2D eigenvalue weighted by atomic mass is 16.6. The van der Waals surface area contributed by atoms with E-state index in [0.717, 1.165) is 25.7 Å². The number of carbonyl (C=O) groups excluding carboxylic acids is 2. The molecule has 0 bridgehead atoms. The van der Waals surface area contributed by atoms with Crippen LogP contribution in [0.4, 0.5) is 0 Å². The first-order valence-corrected chi connectivity index (χ1v) is 13.4. The van der Waals surface area contributed by atoms with E-state index in [1.807, 2.05) is 6.92 Å². The molecule has 3 saturated carbocycles. The van der Waals surface area contributed by atoms with Gasteiger partial charge in [0.15, 0.2) is 0 Å². The normalized spacial score (nSPS) is 41.5. The molecule has 3 aliphatic rings. The summed E-state index contributed by atoms with van der Waals surface area (Å²) >= 11 is 0. The number of rotatable bonds is 7. The number of ether oxygens (including phenoxy) is 3. The lowest BCUT2D eigenvalue weighted by atomic mass is 9.61. The molecule has 3 rings (SSSR count). The number of methoxy groups -OCH3 is 1. The van der Waals surface area contributed by atoms with Gasteiger partial charge in [0, 0.05) is 7.11 Å². The van der Waals surface area contributed by atoms with Crippen LogP contribution in [0, 0.1) is 47.3 Å². The Morgan fingerprint density at radius 3 is 1.67 bits per heavy atom. The summed E-state index contributed by atoms with van der Waals surface area (Å²) in [6, 6.07) is 0. The highest BCUT2D eigenvalue weighted by molar-refractivity contribution is 5.86. The zero-order valence-corrected chi connectivity index (χ0v) is 22.3. The molecule has 3 aliphatic carbocycles. The van der Waals surface area contributed by atoms with Crippen molar-refractivity contribution in [3.8, 4) is 0 Å². The van der Waals surface area contributed by atoms with E-state index in [1.165, 1.54) is 12.8 Å². The maximum atomic E-state index is 13.5. The van der Waals surface area contributed by atoms with Gasteiger partial charge in [-0.3, -0.25) is 9.59 Å². The van der Waals surface area contributed by atoms with Gasteiger partial charge in [-0.1, -0.05) is 54.4 Å². The third-order valence-corrected chi connectivity index (χ3v) is 9.17. The number of hydrogen-bond donors (Lipinski definition) is 0. The van der Waals surface area contributed by atoms with Crippen molar-refractivity contribution in [3.05, 3.63) is 0 Å². The van der Waals surface area contributed by atoms with E-state index in [4.69, 9.17) is 14.2 Å². The zero-order valence-electron chi connectivity index (χ0n) is 22.3. The van der Waals surface area contributed by atoms with Crippen molar-refractivity contribution >= 4 is 11.9 Å². The van der Waals surface area contributed by atoms with Crippen molar-refractivity contribution in [1.82, 2.24) is 0 Å². The van der Waals surface area contributed by atoms with Crippen LogP contribution in [0.5, 0.6) is 0 Å². The van der Waals surface area contributed by atoms with Gasteiger partial charge in [0.05, 0.1) is 17.4 Å². The van der Waals surface area contributed by atoms with Crippen LogP contribution in [0.1, 0.15) is 93.4 Å². The molecule has 0 heterocycles. The van der Waals surface area contributed by atoms with Crippen LogP contribution in [0.25, 0.3) is 0 Å². The van der Waals surface area contributed by atoms with E-state index in [2.05, 4.69) is 41.5 Å². The molecule has 190 valence electrons.